The van der Waals surface area contributed by atoms with Crippen LogP contribution in [0.1, 0.15) is 5.69 Å². The minimum atomic E-state index is -0.552. The van der Waals surface area contributed by atoms with E-state index in [1.807, 2.05) is 0 Å². The van der Waals surface area contributed by atoms with Crippen molar-refractivity contribution in [2.45, 2.75) is 6.92 Å². The second-order valence-electron chi connectivity index (χ2n) is 3.80. The summed E-state index contributed by atoms with van der Waals surface area (Å²) >= 11 is 0. The second kappa shape index (κ2) is 4.90. The van der Waals surface area contributed by atoms with Crippen molar-refractivity contribution in [3.05, 3.63) is 34.0 Å². The highest BCUT2D eigenvalue weighted by Crippen LogP contribution is 2.26. The maximum Gasteiger partial charge on any atom is 0.278 e. The molecule has 9 nitrogen and oxygen atoms in total. The Labute approximate surface area is 108 Å². The molecule has 100 valence electrons. The van der Waals surface area contributed by atoms with Gasteiger partial charge >= 0.3 is 0 Å². The van der Waals surface area contributed by atoms with E-state index in [1.165, 1.54) is 16.8 Å². The zero-order valence-electron chi connectivity index (χ0n) is 10.3. The Bertz CT molecular complexity index is 624. The van der Waals surface area contributed by atoms with Crippen LogP contribution in [0.4, 0.5) is 11.5 Å². The van der Waals surface area contributed by atoms with Crippen LogP contribution in [0.15, 0.2) is 18.2 Å². The molecular formula is C10H12N6O3. The molecule has 0 saturated carbocycles. The third-order valence-corrected chi connectivity index (χ3v) is 2.31. The molecule has 2 rings (SSSR count). The highest BCUT2D eigenvalue weighted by Gasteiger charge is 2.13. The molecule has 0 atom stereocenters. The van der Waals surface area contributed by atoms with Gasteiger partial charge in [0.1, 0.15) is 0 Å². The molecule has 0 radical (unpaired) electrons. The number of aryl methyl sites for hydroxylation is 2. The van der Waals surface area contributed by atoms with Crippen molar-refractivity contribution >= 4 is 11.5 Å². The van der Waals surface area contributed by atoms with E-state index in [9.17, 15) is 10.1 Å². The molecule has 0 aliphatic heterocycles. The summed E-state index contributed by atoms with van der Waals surface area (Å²) in [6.45, 7) is 1.81. The van der Waals surface area contributed by atoms with E-state index in [0.29, 0.717) is 5.88 Å². The van der Waals surface area contributed by atoms with Crippen molar-refractivity contribution < 1.29 is 9.66 Å². The SMILES string of the molecule is Cc1cc(Oc2cc([N+](=O)[O-])cc(NN)n2)n(C)n1. The molecule has 0 bridgehead atoms. The monoisotopic (exact) mass is 264 g/mol. The van der Waals surface area contributed by atoms with Gasteiger partial charge < -0.3 is 10.2 Å². The van der Waals surface area contributed by atoms with Gasteiger partial charge in [-0.15, -0.1) is 0 Å². The number of nitrogens with zero attached hydrogens (tertiary/aromatic N) is 4. The van der Waals surface area contributed by atoms with Crippen LogP contribution in [0.25, 0.3) is 0 Å². The summed E-state index contributed by atoms with van der Waals surface area (Å²) < 4.78 is 6.96. The van der Waals surface area contributed by atoms with Gasteiger partial charge in [-0.25, -0.2) is 10.5 Å². The first kappa shape index (κ1) is 12.8. The Hall–Kier alpha value is -2.68. The zero-order chi connectivity index (χ0) is 14.0. The Balaban J connectivity index is 2.36. The van der Waals surface area contributed by atoms with Crippen LogP contribution in [0.3, 0.4) is 0 Å². The largest absolute Gasteiger partial charge is 0.421 e. The number of pyridine rings is 1. The molecule has 19 heavy (non-hydrogen) atoms. The first-order chi connectivity index (χ1) is 8.99. The van der Waals surface area contributed by atoms with Crippen molar-refractivity contribution in [3.8, 4) is 11.8 Å². The molecule has 0 fully saturated rings. The van der Waals surface area contributed by atoms with E-state index < -0.39 is 4.92 Å². The maximum absolute atomic E-state index is 10.8. The minimum Gasteiger partial charge on any atom is -0.421 e. The van der Waals surface area contributed by atoms with Crippen molar-refractivity contribution in [3.63, 3.8) is 0 Å². The summed E-state index contributed by atoms with van der Waals surface area (Å²) in [7, 11) is 1.70. The van der Waals surface area contributed by atoms with Crippen LogP contribution in [-0.2, 0) is 7.05 Å². The number of hydrogen-bond donors (Lipinski definition) is 2. The number of ether oxygens (including phenoxy) is 1. The summed E-state index contributed by atoms with van der Waals surface area (Å²) in [5.74, 6) is 5.83. The average Bonchev–Trinajstić information content (AvgIpc) is 2.67. The average molecular weight is 264 g/mol. The number of hydrogen-bond acceptors (Lipinski definition) is 7. The van der Waals surface area contributed by atoms with E-state index in [4.69, 9.17) is 10.6 Å². The van der Waals surface area contributed by atoms with Crippen LogP contribution in [0.2, 0.25) is 0 Å². The van der Waals surface area contributed by atoms with Gasteiger partial charge in [0.2, 0.25) is 11.8 Å². The minimum absolute atomic E-state index is 0.0603. The lowest BCUT2D eigenvalue weighted by Crippen LogP contribution is -2.09. The van der Waals surface area contributed by atoms with Crippen LogP contribution in [0.5, 0.6) is 11.8 Å². The summed E-state index contributed by atoms with van der Waals surface area (Å²) in [5, 5.41) is 14.9. The molecule has 0 saturated heterocycles. The number of anilines is 1. The highest BCUT2D eigenvalue weighted by atomic mass is 16.6. The summed E-state index contributed by atoms with van der Waals surface area (Å²) in [6, 6.07) is 4.11. The second-order valence-corrected chi connectivity index (χ2v) is 3.80. The van der Waals surface area contributed by atoms with Crippen LogP contribution in [-0.4, -0.2) is 19.7 Å². The predicted octanol–water partition coefficient (Wildman–Crippen LogP) is 1.11. The van der Waals surface area contributed by atoms with Crippen LogP contribution < -0.4 is 16.0 Å². The van der Waals surface area contributed by atoms with Gasteiger partial charge in [-0.1, -0.05) is 0 Å². The van der Waals surface area contributed by atoms with Gasteiger partial charge in [-0.3, -0.25) is 10.1 Å². The Morgan fingerprint density at radius 1 is 1.47 bits per heavy atom. The summed E-state index contributed by atoms with van der Waals surface area (Å²) in [5.41, 5.74) is 2.84. The molecule has 2 aromatic heterocycles. The lowest BCUT2D eigenvalue weighted by atomic mass is 10.4. The maximum atomic E-state index is 10.8. The van der Waals surface area contributed by atoms with E-state index >= 15 is 0 Å². The van der Waals surface area contributed by atoms with E-state index in [0.717, 1.165) is 5.69 Å². The number of nitro groups is 1. The summed E-state index contributed by atoms with van der Waals surface area (Å²) in [4.78, 5) is 14.2. The smallest absolute Gasteiger partial charge is 0.278 e. The van der Waals surface area contributed by atoms with Crippen LogP contribution in [0, 0.1) is 17.0 Å². The normalized spacial score (nSPS) is 10.3. The van der Waals surface area contributed by atoms with Crippen molar-refractivity contribution in [2.24, 2.45) is 12.9 Å². The molecule has 9 heteroatoms. The highest BCUT2D eigenvalue weighted by molar-refractivity contribution is 5.48. The van der Waals surface area contributed by atoms with Gasteiger partial charge in [0.15, 0.2) is 5.82 Å². The topological polar surface area (TPSA) is 121 Å². The predicted molar refractivity (Wildman–Crippen MR) is 66.7 cm³/mol. The lowest BCUT2D eigenvalue weighted by Gasteiger charge is -2.06. The third kappa shape index (κ3) is 2.77. The molecule has 2 heterocycles. The van der Waals surface area contributed by atoms with Gasteiger partial charge in [0.05, 0.1) is 22.7 Å². The van der Waals surface area contributed by atoms with Gasteiger partial charge in [-0.05, 0) is 6.92 Å². The number of nitrogens with two attached hydrogens (primary N) is 1. The quantitative estimate of drug-likeness (QED) is 0.482. The van der Waals surface area contributed by atoms with Crippen LogP contribution >= 0.6 is 0 Å². The number of nitrogen functional groups attached to an aromatic ring is 1. The molecular weight excluding hydrogens is 252 g/mol. The number of rotatable bonds is 4. The summed E-state index contributed by atoms with van der Waals surface area (Å²) in [6.07, 6.45) is 0. The molecule has 0 amide bonds. The van der Waals surface area contributed by atoms with E-state index in [2.05, 4.69) is 15.5 Å². The number of aromatic nitrogens is 3. The molecule has 2 aromatic rings. The standard InChI is InChI=1S/C10H12N6O3/c1-6-3-10(15(2)14-6)19-9-5-7(16(17)18)4-8(12-9)13-11/h3-5H,11H2,1-2H3,(H,12,13). The molecule has 3 N–H and O–H groups in total. The zero-order valence-corrected chi connectivity index (χ0v) is 10.3. The first-order valence-corrected chi connectivity index (χ1v) is 5.31. The molecule has 0 aliphatic rings. The van der Waals surface area contributed by atoms with Gasteiger partial charge in [-0.2, -0.15) is 10.1 Å². The van der Waals surface area contributed by atoms with Crippen molar-refractivity contribution in [1.29, 1.82) is 0 Å². The Morgan fingerprint density at radius 3 is 2.74 bits per heavy atom. The van der Waals surface area contributed by atoms with E-state index in [1.54, 1.807) is 20.0 Å². The lowest BCUT2D eigenvalue weighted by molar-refractivity contribution is -0.384. The number of nitrogens with one attached hydrogen (secondary N) is 1. The molecule has 0 unspecified atom stereocenters. The fourth-order valence-corrected chi connectivity index (χ4v) is 1.51. The van der Waals surface area contributed by atoms with Crippen molar-refractivity contribution in [1.82, 2.24) is 14.8 Å². The molecule has 0 aromatic carbocycles. The Morgan fingerprint density at radius 2 is 2.21 bits per heavy atom. The fourth-order valence-electron chi connectivity index (χ4n) is 1.51. The van der Waals surface area contributed by atoms with E-state index in [-0.39, 0.29) is 17.4 Å². The van der Waals surface area contributed by atoms with Gasteiger partial charge in [0, 0.05) is 13.1 Å². The molecule has 0 aliphatic carbocycles. The third-order valence-electron chi connectivity index (χ3n) is 2.31. The van der Waals surface area contributed by atoms with Gasteiger partial charge in [0.25, 0.3) is 5.69 Å². The Kier molecular flexibility index (Phi) is 3.29. The fraction of sp³-hybridized carbons (Fsp3) is 0.200. The molecule has 0 spiro atoms. The van der Waals surface area contributed by atoms with Crippen molar-refractivity contribution in [2.75, 3.05) is 5.43 Å². The first-order valence-electron chi connectivity index (χ1n) is 5.31. The number of hydrazine groups is 1.